The predicted octanol–water partition coefficient (Wildman–Crippen LogP) is 18.6. The molecule has 0 fully saturated rings. The quantitative estimate of drug-likeness (QED) is 0.118. The van der Waals surface area contributed by atoms with Crippen LogP contribution < -0.4 is 0 Å². The molecule has 349 valence electrons. The average molecular weight is 1110 g/mol. The summed E-state index contributed by atoms with van der Waals surface area (Å²) in [4.78, 5) is 9.85. The van der Waals surface area contributed by atoms with Crippen LogP contribution in [0.5, 0.6) is 0 Å². The Hall–Kier alpha value is -7.21. The van der Waals surface area contributed by atoms with Gasteiger partial charge in [-0.3, -0.25) is 4.98 Å². The Bertz CT molecular complexity index is 4090. The zero-order chi connectivity index (χ0) is 47.6. The van der Waals surface area contributed by atoms with Gasteiger partial charge in [0.25, 0.3) is 0 Å². The molecule has 4 heterocycles. The Morgan fingerprint density at radius 2 is 1.27 bits per heavy atom. The molecular formula is C65H51IrN3OS-2. The van der Waals surface area contributed by atoms with Crippen LogP contribution in [0.4, 0.5) is 0 Å². The molecule has 0 saturated heterocycles. The van der Waals surface area contributed by atoms with Crippen LogP contribution in [0, 0.1) is 12.1 Å². The van der Waals surface area contributed by atoms with Gasteiger partial charge in [-0.15, -0.1) is 58.7 Å². The van der Waals surface area contributed by atoms with E-state index in [2.05, 4.69) is 233 Å². The molecule has 0 aliphatic carbocycles. The van der Waals surface area contributed by atoms with Crippen LogP contribution in [0.1, 0.15) is 76.0 Å². The first-order valence-corrected chi connectivity index (χ1v) is 25.2. The van der Waals surface area contributed by atoms with Gasteiger partial charge in [0.15, 0.2) is 0 Å². The van der Waals surface area contributed by atoms with Crippen LogP contribution in [0.3, 0.4) is 0 Å². The number of hydrogen-bond donors (Lipinski definition) is 0. The summed E-state index contributed by atoms with van der Waals surface area (Å²) in [6, 6.07) is 69.7. The van der Waals surface area contributed by atoms with Gasteiger partial charge in [-0.25, -0.2) is 0 Å². The Labute approximate surface area is 432 Å². The zero-order valence-electron chi connectivity index (χ0n) is 40.5. The van der Waals surface area contributed by atoms with Crippen molar-refractivity contribution in [3.8, 4) is 39.5 Å². The van der Waals surface area contributed by atoms with Crippen molar-refractivity contribution in [3.63, 3.8) is 0 Å². The maximum absolute atomic E-state index is 6.38. The summed E-state index contributed by atoms with van der Waals surface area (Å²) in [6.45, 7) is 13.6. The number of rotatable bonds is 7. The van der Waals surface area contributed by atoms with Crippen LogP contribution in [-0.2, 0) is 20.1 Å². The Morgan fingerprint density at radius 3 is 2.06 bits per heavy atom. The number of aromatic nitrogens is 3. The molecule has 9 aromatic carbocycles. The summed E-state index contributed by atoms with van der Waals surface area (Å²) < 4.78 is 11.3. The third-order valence-corrected chi connectivity index (χ3v) is 15.0. The van der Waals surface area contributed by atoms with E-state index in [1.807, 2.05) is 23.6 Å². The van der Waals surface area contributed by atoms with Gasteiger partial charge in [-0.1, -0.05) is 172 Å². The average Bonchev–Trinajstić information content (AvgIpc) is 4.08. The molecule has 4 aromatic heterocycles. The first kappa shape index (κ1) is 46.2. The molecule has 4 nitrogen and oxygen atoms in total. The van der Waals surface area contributed by atoms with Crippen molar-refractivity contribution in [1.29, 1.82) is 0 Å². The number of benzene rings is 9. The van der Waals surface area contributed by atoms with E-state index in [9.17, 15) is 0 Å². The normalized spacial score (nSPS) is 11.8. The molecule has 71 heavy (non-hydrogen) atoms. The third-order valence-electron chi connectivity index (χ3n) is 13.9. The van der Waals surface area contributed by atoms with Crippen LogP contribution in [-0.4, -0.2) is 14.5 Å². The van der Waals surface area contributed by atoms with Gasteiger partial charge in [-0.2, -0.15) is 0 Å². The topological polar surface area (TPSA) is 43.9 Å². The summed E-state index contributed by atoms with van der Waals surface area (Å²) in [7, 11) is 0. The second-order valence-electron chi connectivity index (χ2n) is 19.3. The standard InChI is InChI=1S/C39H33N2.C26H18NOS.Ir/c1-25(2)34-23-31(27-12-6-5-7-13-27)24-35(26(3)4)38(34)41-37-17-11-10-16-36(37)40-39(41)30-20-21-33-29(22-30)19-18-28-14-8-9-15-32(28)33;1-15(2)16-10-11-27-22(12-16)19-8-5-7-18-20-13-21-17-6-3-4-9-24(17)29-25(21)14-23(20)28-26(18)19;/h5-19,21-26H,1-4H3;3-7,9-15H,1-2H3;/q2*-1;. The van der Waals surface area contributed by atoms with Gasteiger partial charge in [0, 0.05) is 57.5 Å². The molecule has 0 N–H and O–H groups in total. The maximum atomic E-state index is 6.38. The monoisotopic (exact) mass is 1110 g/mol. The Morgan fingerprint density at radius 1 is 0.549 bits per heavy atom. The molecule has 0 aliphatic heterocycles. The number of fused-ring (bicyclic) bond motifs is 10. The van der Waals surface area contributed by atoms with Crippen LogP contribution in [0.2, 0.25) is 0 Å². The molecule has 0 amide bonds. The summed E-state index contributed by atoms with van der Waals surface area (Å²) in [5.41, 5.74) is 14.4. The third kappa shape index (κ3) is 8.24. The van der Waals surface area contributed by atoms with E-state index in [0.717, 1.165) is 55.6 Å². The Balaban J connectivity index is 0.000000160. The van der Waals surface area contributed by atoms with Crippen molar-refractivity contribution in [2.75, 3.05) is 0 Å². The predicted molar refractivity (Wildman–Crippen MR) is 297 cm³/mol. The minimum Gasteiger partial charge on any atom is -0.501 e. The molecule has 6 heteroatoms. The van der Waals surface area contributed by atoms with Crippen LogP contribution in [0.15, 0.2) is 187 Å². The van der Waals surface area contributed by atoms with Crippen LogP contribution >= 0.6 is 11.3 Å². The molecule has 13 aromatic rings. The molecule has 1 radical (unpaired) electrons. The minimum atomic E-state index is 0. The number of furan rings is 1. The van der Waals surface area contributed by atoms with Gasteiger partial charge in [0.2, 0.25) is 0 Å². The fourth-order valence-corrected chi connectivity index (χ4v) is 11.3. The summed E-state index contributed by atoms with van der Waals surface area (Å²) in [5.74, 6) is 2.03. The number of pyridine rings is 1. The van der Waals surface area contributed by atoms with Gasteiger partial charge >= 0.3 is 0 Å². The van der Waals surface area contributed by atoms with Crippen molar-refractivity contribution >= 4 is 86.0 Å². The van der Waals surface area contributed by atoms with Crippen molar-refractivity contribution < 1.29 is 24.5 Å². The molecule has 0 saturated carbocycles. The van der Waals surface area contributed by atoms with Gasteiger partial charge in [0.1, 0.15) is 5.58 Å². The van der Waals surface area contributed by atoms with E-state index >= 15 is 0 Å². The zero-order valence-corrected chi connectivity index (χ0v) is 43.8. The molecule has 0 atom stereocenters. The summed E-state index contributed by atoms with van der Waals surface area (Å²) >= 11 is 1.81. The molecule has 0 unspecified atom stereocenters. The second-order valence-corrected chi connectivity index (χ2v) is 20.4. The first-order chi connectivity index (χ1) is 34.2. The van der Waals surface area contributed by atoms with Crippen LogP contribution in [0.25, 0.3) is 114 Å². The minimum absolute atomic E-state index is 0. The maximum Gasteiger partial charge on any atom is 0.122 e. The van der Waals surface area contributed by atoms with Gasteiger partial charge < -0.3 is 14.0 Å². The SMILES string of the molecule is CC(C)c1cc(-c2ccccc2)cc(C(C)C)c1-n1c(-c2[c-]cc3c(ccc4ccccc43)c2)nc2ccccc21.CC(C)c1ccnc(-c2[c-]ccc3c2oc2cc4sc5ccccc5c4cc23)c1.[Ir]. The van der Waals surface area contributed by atoms with Crippen molar-refractivity contribution in [2.24, 2.45) is 0 Å². The smallest absolute Gasteiger partial charge is 0.122 e. The number of imidazole rings is 1. The van der Waals surface area contributed by atoms with E-state index in [0.29, 0.717) is 17.8 Å². The van der Waals surface area contributed by atoms with E-state index < -0.39 is 0 Å². The Kier molecular flexibility index (Phi) is 12.3. The second kappa shape index (κ2) is 18.8. The molecule has 13 rings (SSSR count). The molecular weight excluding hydrogens is 1060 g/mol. The summed E-state index contributed by atoms with van der Waals surface area (Å²) in [6.07, 6.45) is 1.88. The number of para-hydroxylation sites is 2. The fraction of sp³-hybridized carbons (Fsp3) is 0.138. The van der Waals surface area contributed by atoms with E-state index in [4.69, 9.17) is 9.40 Å². The van der Waals surface area contributed by atoms with E-state index in [1.54, 1.807) is 0 Å². The number of nitrogens with zero attached hydrogens (tertiary/aromatic N) is 3. The number of thiophene rings is 1. The van der Waals surface area contributed by atoms with Gasteiger partial charge in [-0.05, 0) is 99.6 Å². The van der Waals surface area contributed by atoms with Crippen molar-refractivity contribution in [2.45, 2.75) is 59.3 Å². The van der Waals surface area contributed by atoms with E-state index in [1.165, 1.54) is 75.2 Å². The van der Waals surface area contributed by atoms with E-state index in [-0.39, 0.29) is 20.1 Å². The van der Waals surface area contributed by atoms with Crippen molar-refractivity contribution in [3.05, 3.63) is 211 Å². The van der Waals surface area contributed by atoms with Crippen molar-refractivity contribution in [1.82, 2.24) is 14.5 Å². The fourth-order valence-electron chi connectivity index (χ4n) is 10.2. The molecule has 0 bridgehead atoms. The first-order valence-electron chi connectivity index (χ1n) is 24.4. The number of hydrogen-bond acceptors (Lipinski definition) is 4. The molecule has 0 spiro atoms. The largest absolute Gasteiger partial charge is 0.501 e. The summed E-state index contributed by atoms with van der Waals surface area (Å²) in [5, 5.41) is 9.76. The van der Waals surface area contributed by atoms with Gasteiger partial charge in [0.05, 0.1) is 22.4 Å². The molecule has 0 aliphatic rings.